The summed E-state index contributed by atoms with van der Waals surface area (Å²) in [5.41, 5.74) is 3.00. The van der Waals surface area contributed by atoms with Crippen molar-refractivity contribution in [2.45, 2.75) is 13.1 Å². The lowest BCUT2D eigenvalue weighted by atomic mass is 10.1. The number of amides is 1. The number of nitrogens with one attached hydrogen (secondary N) is 1. The van der Waals surface area contributed by atoms with Gasteiger partial charge in [-0.2, -0.15) is 18.3 Å². The van der Waals surface area contributed by atoms with Gasteiger partial charge in [0.05, 0.1) is 11.8 Å². The molecule has 0 aliphatic heterocycles. The van der Waals surface area contributed by atoms with Gasteiger partial charge in [-0.3, -0.25) is 4.79 Å². The second-order valence-electron chi connectivity index (χ2n) is 5.08. The van der Waals surface area contributed by atoms with E-state index in [2.05, 4.69) is 10.5 Å². The fourth-order valence-electron chi connectivity index (χ4n) is 1.94. The third-order valence-corrected chi connectivity index (χ3v) is 3.08. The third-order valence-electron chi connectivity index (χ3n) is 3.08. The standard InChI is InChI=1S/C18H15F3N2O/c1-13(10-14-6-3-2-4-7-14)12-22-23-17(24)15-8-5-9-16(11-15)18(19,20)21/h2-12H,1H3,(H,23,24)/b13-10+,22-12-. The van der Waals surface area contributed by atoms with E-state index < -0.39 is 17.6 Å². The van der Waals surface area contributed by atoms with Crippen LogP contribution in [-0.4, -0.2) is 12.1 Å². The molecule has 3 nitrogen and oxygen atoms in total. The molecule has 0 bridgehead atoms. The van der Waals surface area contributed by atoms with E-state index in [1.54, 1.807) is 6.92 Å². The minimum Gasteiger partial charge on any atom is -0.267 e. The first-order valence-corrected chi connectivity index (χ1v) is 7.10. The van der Waals surface area contributed by atoms with E-state index in [1.165, 1.54) is 18.3 Å². The van der Waals surface area contributed by atoms with Crippen LogP contribution in [0.25, 0.3) is 6.08 Å². The molecule has 6 heteroatoms. The van der Waals surface area contributed by atoms with Crippen LogP contribution in [0.4, 0.5) is 13.2 Å². The summed E-state index contributed by atoms with van der Waals surface area (Å²) in [7, 11) is 0. The fourth-order valence-corrected chi connectivity index (χ4v) is 1.94. The molecule has 2 aromatic rings. The minimum atomic E-state index is -4.49. The van der Waals surface area contributed by atoms with Gasteiger partial charge in [0.15, 0.2) is 0 Å². The zero-order valence-electron chi connectivity index (χ0n) is 12.8. The van der Waals surface area contributed by atoms with Crippen molar-refractivity contribution >= 4 is 18.2 Å². The number of benzene rings is 2. The zero-order valence-corrected chi connectivity index (χ0v) is 12.8. The van der Waals surface area contributed by atoms with Crippen LogP contribution >= 0.6 is 0 Å². The molecule has 0 aromatic heterocycles. The number of alkyl halides is 3. The summed E-state index contributed by atoms with van der Waals surface area (Å²) in [5.74, 6) is -0.704. The van der Waals surface area contributed by atoms with Gasteiger partial charge in [-0.05, 0) is 36.3 Å². The number of hydrazone groups is 1. The van der Waals surface area contributed by atoms with E-state index in [0.717, 1.165) is 23.3 Å². The molecule has 0 fully saturated rings. The van der Waals surface area contributed by atoms with Gasteiger partial charge in [-0.25, -0.2) is 5.43 Å². The Balaban J connectivity index is 2.02. The SMILES string of the molecule is CC(/C=N\NC(=O)c1cccc(C(F)(F)F)c1)=C\c1ccccc1. The molecule has 0 aliphatic carbocycles. The summed E-state index contributed by atoms with van der Waals surface area (Å²) in [6, 6.07) is 13.7. The predicted molar refractivity (Wildman–Crippen MR) is 87.5 cm³/mol. The van der Waals surface area contributed by atoms with Crippen molar-refractivity contribution < 1.29 is 18.0 Å². The molecule has 0 heterocycles. The molecule has 124 valence electrons. The van der Waals surface area contributed by atoms with E-state index in [0.29, 0.717) is 0 Å². The molecule has 1 N–H and O–H groups in total. The van der Waals surface area contributed by atoms with Gasteiger partial charge in [-0.1, -0.05) is 42.5 Å². The number of hydrogen-bond acceptors (Lipinski definition) is 2. The first kappa shape index (κ1) is 17.5. The molecule has 0 aliphatic rings. The van der Waals surface area contributed by atoms with Crippen molar-refractivity contribution in [2.24, 2.45) is 5.10 Å². The van der Waals surface area contributed by atoms with Crippen LogP contribution in [0, 0.1) is 0 Å². The smallest absolute Gasteiger partial charge is 0.267 e. The number of carbonyl (C=O) groups is 1. The van der Waals surface area contributed by atoms with Crippen molar-refractivity contribution in [3.8, 4) is 0 Å². The third kappa shape index (κ3) is 5.08. The van der Waals surface area contributed by atoms with Gasteiger partial charge in [0.25, 0.3) is 5.91 Å². The molecule has 1 amide bonds. The number of halogens is 3. The molecule has 0 radical (unpaired) electrons. The summed E-state index contributed by atoms with van der Waals surface area (Å²) in [6.07, 6.45) is -1.20. The fraction of sp³-hybridized carbons (Fsp3) is 0.111. The summed E-state index contributed by atoms with van der Waals surface area (Å²) in [5, 5.41) is 3.76. The number of allylic oxidation sites excluding steroid dienone is 1. The van der Waals surface area contributed by atoms with Gasteiger partial charge in [0, 0.05) is 5.56 Å². The first-order valence-electron chi connectivity index (χ1n) is 7.10. The summed E-state index contributed by atoms with van der Waals surface area (Å²) >= 11 is 0. The maximum absolute atomic E-state index is 12.6. The van der Waals surface area contributed by atoms with Crippen molar-refractivity contribution in [3.05, 3.63) is 76.9 Å². The lowest BCUT2D eigenvalue weighted by molar-refractivity contribution is -0.137. The highest BCUT2D eigenvalue weighted by molar-refractivity contribution is 5.95. The molecule has 0 saturated carbocycles. The quantitative estimate of drug-likeness (QED) is 0.649. The van der Waals surface area contributed by atoms with Gasteiger partial charge >= 0.3 is 6.18 Å². The minimum absolute atomic E-state index is 0.105. The Kier molecular flexibility index (Phi) is 5.52. The molecule has 0 spiro atoms. The molecule has 0 saturated heterocycles. The molecular weight excluding hydrogens is 317 g/mol. The lowest BCUT2D eigenvalue weighted by Gasteiger charge is -2.07. The van der Waals surface area contributed by atoms with E-state index >= 15 is 0 Å². The predicted octanol–water partition coefficient (Wildman–Crippen LogP) is 4.52. The largest absolute Gasteiger partial charge is 0.416 e. The molecule has 2 aromatic carbocycles. The average molecular weight is 332 g/mol. The molecule has 0 unspecified atom stereocenters. The van der Waals surface area contributed by atoms with Crippen molar-refractivity contribution in [1.82, 2.24) is 5.43 Å². The molecule has 24 heavy (non-hydrogen) atoms. The molecule has 0 atom stereocenters. The van der Waals surface area contributed by atoms with E-state index in [4.69, 9.17) is 0 Å². The highest BCUT2D eigenvalue weighted by atomic mass is 19.4. The maximum Gasteiger partial charge on any atom is 0.416 e. The Morgan fingerprint density at radius 2 is 1.79 bits per heavy atom. The van der Waals surface area contributed by atoms with Crippen molar-refractivity contribution in [1.29, 1.82) is 0 Å². The van der Waals surface area contributed by atoms with Gasteiger partial charge < -0.3 is 0 Å². The number of hydrogen-bond donors (Lipinski definition) is 1. The van der Waals surface area contributed by atoms with E-state index in [1.807, 2.05) is 36.4 Å². The van der Waals surface area contributed by atoms with Crippen LogP contribution < -0.4 is 5.43 Å². The van der Waals surface area contributed by atoms with Crippen molar-refractivity contribution in [3.63, 3.8) is 0 Å². The van der Waals surface area contributed by atoms with Gasteiger partial charge in [0.1, 0.15) is 0 Å². The second-order valence-corrected chi connectivity index (χ2v) is 5.08. The topological polar surface area (TPSA) is 41.5 Å². The Hall–Kier alpha value is -2.89. The Labute approximate surface area is 137 Å². The van der Waals surface area contributed by atoms with Crippen molar-refractivity contribution in [2.75, 3.05) is 0 Å². The van der Waals surface area contributed by atoms with Crippen LogP contribution in [0.3, 0.4) is 0 Å². The van der Waals surface area contributed by atoms with E-state index in [9.17, 15) is 18.0 Å². The van der Waals surface area contributed by atoms with Gasteiger partial charge in [0.2, 0.25) is 0 Å². The van der Waals surface area contributed by atoms with Crippen LogP contribution in [0.15, 0.2) is 65.3 Å². The van der Waals surface area contributed by atoms with Gasteiger partial charge in [-0.15, -0.1) is 0 Å². The highest BCUT2D eigenvalue weighted by Crippen LogP contribution is 2.29. The zero-order chi connectivity index (χ0) is 17.6. The number of carbonyl (C=O) groups excluding carboxylic acids is 1. The first-order chi connectivity index (χ1) is 11.4. The number of rotatable bonds is 4. The van der Waals surface area contributed by atoms with Crippen LogP contribution in [0.5, 0.6) is 0 Å². The van der Waals surface area contributed by atoms with Crippen LogP contribution in [0.1, 0.15) is 28.4 Å². The Morgan fingerprint density at radius 1 is 1.08 bits per heavy atom. The lowest BCUT2D eigenvalue weighted by Crippen LogP contribution is -2.18. The van der Waals surface area contributed by atoms with Crippen LogP contribution in [-0.2, 0) is 6.18 Å². The van der Waals surface area contributed by atoms with Crippen LogP contribution in [0.2, 0.25) is 0 Å². The second kappa shape index (κ2) is 7.59. The summed E-state index contributed by atoms with van der Waals surface area (Å²) in [6.45, 7) is 1.80. The Bertz CT molecular complexity index is 765. The summed E-state index contributed by atoms with van der Waals surface area (Å²) in [4.78, 5) is 11.9. The average Bonchev–Trinajstić information content (AvgIpc) is 2.55. The van der Waals surface area contributed by atoms with E-state index in [-0.39, 0.29) is 5.56 Å². The monoisotopic (exact) mass is 332 g/mol. The highest BCUT2D eigenvalue weighted by Gasteiger charge is 2.30. The maximum atomic E-state index is 12.6. The molecular formula is C18H15F3N2O. The molecule has 2 rings (SSSR count). The Morgan fingerprint density at radius 3 is 2.46 bits per heavy atom. The summed E-state index contributed by atoms with van der Waals surface area (Å²) < 4.78 is 37.9. The normalized spacial score (nSPS) is 12.4. The number of nitrogens with zero attached hydrogens (tertiary/aromatic N) is 1.